The average Bonchev–Trinajstić information content (AvgIpc) is 2.16. The lowest BCUT2D eigenvalue weighted by Crippen LogP contribution is -2.15. The van der Waals surface area contributed by atoms with Gasteiger partial charge in [-0.1, -0.05) is 12.1 Å². The largest absolute Gasteiger partial charge is 0.417 e. The number of benzene rings is 1. The molecule has 7 heteroatoms. The second-order valence-corrected chi connectivity index (χ2v) is 5.46. The number of hydrogen-bond acceptors (Lipinski definition) is 2. The van der Waals surface area contributed by atoms with Crippen LogP contribution in [0, 0.1) is 0 Å². The molecule has 0 saturated heterocycles. The van der Waals surface area contributed by atoms with Crippen LogP contribution in [-0.2, 0) is 16.0 Å². The van der Waals surface area contributed by atoms with Crippen LogP contribution in [0.2, 0.25) is 0 Å². The third-order valence-corrected chi connectivity index (χ3v) is 4.05. The van der Waals surface area contributed by atoms with Crippen LogP contribution in [0.15, 0.2) is 29.2 Å². The van der Waals surface area contributed by atoms with E-state index in [1.807, 2.05) is 0 Å². The van der Waals surface area contributed by atoms with Gasteiger partial charge < -0.3 is 0 Å². The number of rotatable bonds is 3. The summed E-state index contributed by atoms with van der Waals surface area (Å²) < 4.78 is 60.6. The maximum Gasteiger partial charge on any atom is 0.417 e. The molecular formula is C9H8ClF3O2S. The Labute approximate surface area is 96.0 Å². The van der Waals surface area contributed by atoms with Gasteiger partial charge in [0.15, 0.2) is 9.84 Å². The Morgan fingerprint density at radius 3 is 2.25 bits per heavy atom. The van der Waals surface area contributed by atoms with E-state index in [9.17, 15) is 21.6 Å². The number of halogens is 4. The summed E-state index contributed by atoms with van der Waals surface area (Å²) in [6.07, 6.45) is -4.68. The number of hydrogen-bond donors (Lipinski definition) is 0. The number of alkyl halides is 4. The Kier molecular flexibility index (Phi) is 3.85. The highest BCUT2D eigenvalue weighted by molar-refractivity contribution is 7.91. The molecule has 0 aliphatic carbocycles. The fraction of sp³-hybridized carbons (Fsp3) is 0.333. The lowest BCUT2D eigenvalue weighted by Gasteiger charge is -2.12. The zero-order valence-corrected chi connectivity index (χ0v) is 9.53. The first-order valence-electron chi connectivity index (χ1n) is 4.24. The summed E-state index contributed by atoms with van der Waals surface area (Å²) >= 11 is 5.24. The van der Waals surface area contributed by atoms with Crippen molar-refractivity contribution in [3.63, 3.8) is 0 Å². The molecule has 0 aromatic heterocycles. The summed E-state index contributed by atoms with van der Waals surface area (Å²) in [6, 6.07) is 4.06. The van der Waals surface area contributed by atoms with Gasteiger partial charge in [0.1, 0.15) is 0 Å². The van der Waals surface area contributed by atoms with Crippen molar-refractivity contribution in [1.29, 1.82) is 0 Å². The number of sulfone groups is 1. The van der Waals surface area contributed by atoms with Crippen LogP contribution < -0.4 is 0 Å². The fourth-order valence-electron chi connectivity index (χ4n) is 1.18. The van der Waals surface area contributed by atoms with Gasteiger partial charge in [-0.05, 0) is 12.1 Å². The second-order valence-electron chi connectivity index (χ2n) is 3.00. The van der Waals surface area contributed by atoms with Gasteiger partial charge in [0.2, 0.25) is 0 Å². The summed E-state index contributed by atoms with van der Waals surface area (Å²) in [5.41, 5.74) is -1.15. The van der Waals surface area contributed by atoms with Crippen LogP contribution in [0.3, 0.4) is 0 Å². The fourth-order valence-corrected chi connectivity index (χ4v) is 3.02. The minimum Gasteiger partial charge on any atom is -0.224 e. The van der Waals surface area contributed by atoms with Crippen LogP contribution in [-0.4, -0.2) is 20.1 Å². The van der Waals surface area contributed by atoms with Gasteiger partial charge >= 0.3 is 6.18 Å². The molecule has 0 saturated carbocycles. The molecule has 1 aromatic rings. The summed E-state index contributed by atoms with van der Waals surface area (Å²) in [4.78, 5) is -0.719. The van der Waals surface area contributed by atoms with Crippen molar-refractivity contribution in [2.75, 3.05) is 11.6 Å². The standard InChI is InChI=1S/C9H8ClF3O2S/c10-5-6-16(14,15)8-4-2-1-3-7(8)9(11,12)13/h1-4H,5-6H2. The molecule has 1 aromatic carbocycles. The first kappa shape index (κ1) is 13.3. The van der Waals surface area contributed by atoms with Gasteiger partial charge in [-0.25, -0.2) is 8.42 Å². The van der Waals surface area contributed by atoms with Crippen LogP contribution in [0.25, 0.3) is 0 Å². The maximum absolute atomic E-state index is 12.5. The lowest BCUT2D eigenvalue weighted by atomic mass is 10.2. The van der Waals surface area contributed by atoms with E-state index in [4.69, 9.17) is 11.6 Å². The molecule has 0 heterocycles. The van der Waals surface area contributed by atoms with Gasteiger partial charge in [0.05, 0.1) is 16.2 Å². The van der Waals surface area contributed by atoms with Gasteiger partial charge in [0, 0.05) is 5.88 Å². The van der Waals surface area contributed by atoms with Crippen molar-refractivity contribution in [2.24, 2.45) is 0 Å². The lowest BCUT2D eigenvalue weighted by molar-refractivity contribution is -0.139. The molecule has 1 rings (SSSR count). The predicted octanol–water partition coefficient (Wildman–Crippen LogP) is 2.72. The molecule has 0 atom stereocenters. The molecule has 2 nitrogen and oxygen atoms in total. The molecule has 0 aliphatic rings. The van der Waals surface area contributed by atoms with Gasteiger partial charge in [-0.3, -0.25) is 0 Å². The normalized spacial score (nSPS) is 12.8. The van der Waals surface area contributed by atoms with Crippen molar-refractivity contribution in [1.82, 2.24) is 0 Å². The van der Waals surface area contributed by atoms with Crippen molar-refractivity contribution < 1.29 is 21.6 Å². The zero-order valence-electron chi connectivity index (χ0n) is 7.96. The Bertz CT molecular complexity index is 468. The average molecular weight is 273 g/mol. The van der Waals surface area contributed by atoms with Crippen LogP contribution >= 0.6 is 11.6 Å². The quantitative estimate of drug-likeness (QED) is 0.793. The third-order valence-electron chi connectivity index (χ3n) is 1.87. The highest BCUT2D eigenvalue weighted by atomic mass is 35.5. The molecule has 0 radical (unpaired) electrons. The molecule has 0 amide bonds. The molecular weight excluding hydrogens is 265 g/mol. The third kappa shape index (κ3) is 2.89. The van der Waals surface area contributed by atoms with E-state index in [1.54, 1.807) is 0 Å². The monoisotopic (exact) mass is 272 g/mol. The maximum atomic E-state index is 12.5. The van der Waals surface area contributed by atoms with Crippen LogP contribution in [0.5, 0.6) is 0 Å². The Morgan fingerprint density at radius 1 is 1.19 bits per heavy atom. The van der Waals surface area contributed by atoms with Crippen LogP contribution in [0.4, 0.5) is 13.2 Å². The molecule has 0 N–H and O–H groups in total. The van der Waals surface area contributed by atoms with E-state index in [1.165, 1.54) is 6.07 Å². The highest BCUT2D eigenvalue weighted by Gasteiger charge is 2.36. The van der Waals surface area contributed by atoms with Crippen molar-refractivity contribution in [3.05, 3.63) is 29.8 Å². The second kappa shape index (κ2) is 4.63. The zero-order chi connectivity index (χ0) is 12.4. The smallest absolute Gasteiger partial charge is 0.224 e. The Morgan fingerprint density at radius 2 is 1.75 bits per heavy atom. The minimum absolute atomic E-state index is 0.242. The molecule has 0 fully saturated rings. The highest BCUT2D eigenvalue weighted by Crippen LogP contribution is 2.34. The molecule has 0 spiro atoms. The first-order chi connectivity index (χ1) is 7.29. The van der Waals surface area contributed by atoms with Gasteiger partial charge in [0.25, 0.3) is 0 Å². The van der Waals surface area contributed by atoms with Crippen molar-refractivity contribution in [2.45, 2.75) is 11.1 Å². The summed E-state index contributed by atoms with van der Waals surface area (Å²) in [7, 11) is -3.98. The predicted molar refractivity (Wildman–Crippen MR) is 54.2 cm³/mol. The minimum atomic E-state index is -4.68. The first-order valence-corrected chi connectivity index (χ1v) is 6.42. The van der Waals surface area contributed by atoms with Crippen molar-refractivity contribution >= 4 is 21.4 Å². The molecule has 16 heavy (non-hydrogen) atoms. The molecule has 90 valence electrons. The van der Waals surface area contributed by atoms with Crippen LogP contribution in [0.1, 0.15) is 5.56 Å². The molecule has 0 unspecified atom stereocenters. The summed E-state index contributed by atoms with van der Waals surface area (Å²) in [5.74, 6) is -0.754. The van der Waals surface area contributed by atoms with E-state index in [0.29, 0.717) is 0 Å². The molecule has 0 bridgehead atoms. The topological polar surface area (TPSA) is 34.1 Å². The SMILES string of the molecule is O=S(=O)(CCCl)c1ccccc1C(F)(F)F. The summed E-state index contributed by atoms with van der Waals surface area (Å²) in [6.45, 7) is 0. The van der Waals surface area contributed by atoms with E-state index in [0.717, 1.165) is 18.2 Å². The van der Waals surface area contributed by atoms with Crippen molar-refractivity contribution in [3.8, 4) is 0 Å². The summed E-state index contributed by atoms with van der Waals surface area (Å²) in [5, 5.41) is 0. The van der Waals surface area contributed by atoms with E-state index in [2.05, 4.69) is 0 Å². The van der Waals surface area contributed by atoms with E-state index in [-0.39, 0.29) is 5.88 Å². The Balaban J connectivity index is 3.35. The molecule has 0 aliphatic heterocycles. The van der Waals surface area contributed by atoms with E-state index >= 15 is 0 Å². The Hall–Kier alpha value is -0.750. The van der Waals surface area contributed by atoms with Gasteiger partial charge in [-0.2, -0.15) is 13.2 Å². The van der Waals surface area contributed by atoms with E-state index < -0.39 is 32.2 Å². The van der Waals surface area contributed by atoms with Gasteiger partial charge in [-0.15, -0.1) is 11.6 Å².